The molecule has 1 atom stereocenters. The lowest BCUT2D eigenvalue weighted by molar-refractivity contribution is -0.140. The molecule has 0 spiro atoms. The Morgan fingerprint density at radius 2 is 2.25 bits per heavy atom. The number of nitrogens with zero attached hydrogens (tertiary/aromatic N) is 4. The fourth-order valence-electron chi connectivity index (χ4n) is 1.27. The molecule has 0 fully saturated rings. The Morgan fingerprint density at radius 1 is 1.56 bits per heavy atom. The highest BCUT2D eigenvalue weighted by Crippen LogP contribution is 2.24. The third kappa shape index (κ3) is 3.19. The molecule has 1 heterocycles. The van der Waals surface area contributed by atoms with E-state index in [0.717, 1.165) is 0 Å². The highest BCUT2D eigenvalue weighted by atomic mass is 32.1. The van der Waals surface area contributed by atoms with Gasteiger partial charge < -0.3 is 4.74 Å². The standard InChI is InChI=1S/C9H16N4O2S/c1-6(2)13-9(10-11-12-13)7(16)4-5-8(14)15-3/h6-7,16H,4-5H2,1-3H3. The van der Waals surface area contributed by atoms with Crippen LogP contribution in [-0.2, 0) is 9.53 Å². The SMILES string of the molecule is COC(=O)CCC(S)c1nnnn1C(C)C. The van der Waals surface area contributed by atoms with Crippen molar-refractivity contribution < 1.29 is 9.53 Å². The van der Waals surface area contributed by atoms with E-state index in [4.69, 9.17) is 0 Å². The molecule has 90 valence electrons. The Morgan fingerprint density at radius 3 is 2.81 bits per heavy atom. The summed E-state index contributed by atoms with van der Waals surface area (Å²) in [5.41, 5.74) is 0. The molecule has 0 aliphatic heterocycles. The first-order chi connectivity index (χ1) is 7.56. The van der Waals surface area contributed by atoms with E-state index < -0.39 is 0 Å². The number of ether oxygens (including phenoxy) is 1. The molecule has 0 aliphatic carbocycles. The van der Waals surface area contributed by atoms with Crippen molar-refractivity contribution in [1.29, 1.82) is 0 Å². The van der Waals surface area contributed by atoms with Gasteiger partial charge in [-0.3, -0.25) is 4.79 Å². The molecule has 0 aromatic carbocycles. The van der Waals surface area contributed by atoms with E-state index in [0.29, 0.717) is 18.7 Å². The molecular formula is C9H16N4O2S. The normalized spacial score (nSPS) is 12.8. The van der Waals surface area contributed by atoms with Gasteiger partial charge in [-0.05, 0) is 30.7 Å². The highest BCUT2D eigenvalue weighted by Gasteiger charge is 2.18. The molecule has 1 aromatic rings. The first-order valence-electron chi connectivity index (χ1n) is 5.09. The molecule has 6 nitrogen and oxygen atoms in total. The van der Waals surface area contributed by atoms with Crippen LogP contribution >= 0.6 is 12.6 Å². The van der Waals surface area contributed by atoms with Gasteiger partial charge in [0.1, 0.15) is 0 Å². The lowest BCUT2D eigenvalue weighted by atomic mass is 10.2. The zero-order chi connectivity index (χ0) is 12.1. The molecule has 0 radical (unpaired) electrons. The second-order valence-corrected chi connectivity index (χ2v) is 4.33. The average molecular weight is 244 g/mol. The molecule has 0 N–H and O–H groups in total. The Hall–Kier alpha value is -1.11. The van der Waals surface area contributed by atoms with Crippen LogP contribution in [0, 0.1) is 0 Å². The molecule has 1 rings (SSSR count). The third-order valence-electron chi connectivity index (χ3n) is 2.16. The van der Waals surface area contributed by atoms with Crippen LogP contribution in [0.15, 0.2) is 0 Å². The second kappa shape index (κ2) is 5.83. The molecule has 0 saturated heterocycles. The summed E-state index contributed by atoms with van der Waals surface area (Å²) in [5, 5.41) is 11.2. The second-order valence-electron chi connectivity index (χ2n) is 3.71. The van der Waals surface area contributed by atoms with Crippen LogP contribution in [0.2, 0.25) is 0 Å². The Kier molecular flexibility index (Phi) is 4.72. The van der Waals surface area contributed by atoms with Crippen LogP contribution in [0.25, 0.3) is 0 Å². The predicted octanol–water partition coefficient (Wildman–Crippen LogP) is 1.18. The maximum absolute atomic E-state index is 11.0. The molecule has 0 bridgehead atoms. The molecule has 0 saturated carbocycles. The van der Waals surface area contributed by atoms with Crippen LogP contribution in [0.3, 0.4) is 0 Å². The first-order valence-corrected chi connectivity index (χ1v) is 5.60. The third-order valence-corrected chi connectivity index (χ3v) is 2.64. The number of carbonyl (C=O) groups is 1. The van der Waals surface area contributed by atoms with Gasteiger partial charge in [-0.1, -0.05) is 0 Å². The number of tetrazole rings is 1. The lowest BCUT2D eigenvalue weighted by Gasteiger charge is -2.12. The van der Waals surface area contributed by atoms with Crippen molar-refractivity contribution in [3.05, 3.63) is 5.82 Å². The number of hydrogen-bond acceptors (Lipinski definition) is 6. The Labute approximate surface area is 99.8 Å². The monoisotopic (exact) mass is 244 g/mol. The van der Waals surface area contributed by atoms with E-state index in [1.165, 1.54) is 7.11 Å². The van der Waals surface area contributed by atoms with Crippen LogP contribution in [0.5, 0.6) is 0 Å². The summed E-state index contributed by atoms with van der Waals surface area (Å²) in [6.07, 6.45) is 0.874. The van der Waals surface area contributed by atoms with Gasteiger partial charge in [-0.15, -0.1) is 5.10 Å². The molecule has 7 heteroatoms. The molecule has 0 amide bonds. The summed E-state index contributed by atoms with van der Waals surface area (Å²) >= 11 is 4.39. The molecule has 16 heavy (non-hydrogen) atoms. The number of carbonyl (C=O) groups excluding carboxylic acids is 1. The van der Waals surface area contributed by atoms with Gasteiger partial charge in [0.15, 0.2) is 5.82 Å². The van der Waals surface area contributed by atoms with Gasteiger partial charge in [0, 0.05) is 6.42 Å². The van der Waals surface area contributed by atoms with Crippen molar-refractivity contribution >= 4 is 18.6 Å². The van der Waals surface area contributed by atoms with Gasteiger partial charge in [0.25, 0.3) is 0 Å². The van der Waals surface area contributed by atoms with E-state index >= 15 is 0 Å². The van der Waals surface area contributed by atoms with Crippen LogP contribution in [0.1, 0.15) is 43.8 Å². The highest BCUT2D eigenvalue weighted by molar-refractivity contribution is 7.80. The topological polar surface area (TPSA) is 69.9 Å². The summed E-state index contributed by atoms with van der Waals surface area (Å²) in [6, 6.07) is 0.178. The summed E-state index contributed by atoms with van der Waals surface area (Å²) in [5.74, 6) is 0.435. The minimum absolute atomic E-state index is 0.156. The minimum Gasteiger partial charge on any atom is -0.469 e. The lowest BCUT2D eigenvalue weighted by Crippen LogP contribution is -2.11. The van der Waals surface area contributed by atoms with E-state index in [2.05, 4.69) is 32.9 Å². The van der Waals surface area contributed by atoms with E-state index in [9.17, 15) is 4.79 Å². The largest absolute Gasteiger partial charge is 0.469 e. The smallest absolute Gasteiger partial charge is 0.305 e. The fourth-order valence-corrected chi connectivity index (χ4v) is 1.57. The van der Waals surface area contributed by atoms with Crippen molar-refractivity contribution in [2.75, 3.05) is 7.11 Å². The van der Waals surface area contributed by atoms with Crippen molar-refractivity contribution in [3.63, 3.8) is 0 Å². The summed E-state index contributed by atoms with van der Waals surface area (Å²) in [6.45, 7) is 3.97. The quantitative estimate of drug-likeness (QED) is 0.622. The van der Waals surface area contributed by atoms with Gasteiger partial charge in [-0.2, -0.15) is 12.6 Å². The number of hydrogen-bond donors (Lipinski definition) is 1. The molecule has 1 aromatic heterocycles. The summed E-state index contributed by atoms with van der Waals surface area (Å²) in [7, 11) is 1.37. The Bertz CT molecular complexity index is 353. The van der Waals surface area contributed by atoms with Crippen LogP contribution in [-0.4, -0.2) is 33.3 Å². The minimum atomic E-state index is -0.248. The predicted molar refractivity (Wildman–Crippen MR) is 61.2 cm³/mol. The zero-order valence-electron chi connectivity index (χ0n) is 9.62. The van der Waals surface area contributed by atoms with E-state index in [1.54, 1.807) is 4.68 Å². The van der Waals surface area contributed by atoms with Crippen molar-refractivity contribution in [3.8, 4) is 0 Å². The average Bonchev–Trinajstić information content (AvgIpc) is 2.74. The van der Waals surface area contributed by atoms with Gasteiger partial charge in [0.05, 0.1) is 18.4 Å². The maximum Gasteiger partial charge on any atom is 0.305 e. The summed E-state index contributed by atoms with van der Waals surface area (Å²) in [4.78, 5) is 11.0. The van der Waals surface area contributed by atoms with Crippen LogP contribution in [0.4, 0.5) is 0 Å². The molecular weight excluding hydrogens is 228 g/mol. The number of esters is 1. The van der Waals surface area contributed by atoms with Crippen molar-refractivity contribution in [1.82, 2.24) is 20.2 Å². The Balaban J connectivity index is 2.62. The number of rotatable bonds is 5. The number of methoxy groups -OCH3 is 1. The maximum atomic E-state index is 11.0. The first kappa shape index (κ1) is 13.0. The van der Waals surface area contributed by atoms with Crippen LogP contribution < -0.4 is 0 Å². The summed E-state index contributed by atoms with van der Waals surface area (Å²) < 4.78 is 6.27. The number of thiol groups is 1. The number of aromatic nitrogens is 4. The van der Waals surface area contributed by atoms with Gasteiger partial charge in [0.2, 0.25) is 0 Å². The van der Waals surface area contributed by atoms with E-state index in [-0.39, 0.29) is 17.3 Å². The molecule has 1 unspecified atom stereocenters. The van der Waals surface area contributed by atoms with Gasteiger partial charge >= 0.3 is 5.97 Å². The van der Waals surface area contributed by atoms with Crippen molar-refractivity contribution in [2.24, 2.45) is 0 Å². The zero-order valence-corrected chi connectivity index (χ0v) is 10.5. The fraction of sp³-hybridized carbons (Fsp3) is 0.778. The van der Waals surface area contributed by atoms with Gasteiger partial charge in [-0.25, -0.2) is 4.68 Å². The van der Waals surface area contributed by atoms with Crippen molar-refractivity contribution in [2.45, 2.75) is 38.0 Å². The van der Waals surface area contributed by atoms with E-state index in [1.807, 2.05) is 13.8 Å². The molecule has 0 aliphatic rings.